The molecule has 3 N–H and O–H groups in total. The Morgan fingerprint density at radius 2 is 2.07 bits per heavy atom. The number of hydrogen-bond acceptors (Lipinski definition) is 3. The van der Waals surface area contributed by atoms with E-state index in [1.165, 1.54) is 12.8 Å². The maximum absolute atomic E-state index is 9.86. The molecule has 0 aromatic rings. The smallest absolute Gasteiger partial charge is 0.0753 e. The van der Waals surface area contributed by atoms with Gasteiger partial charge >= 0.3 is 0 Å². The molecule has 0 aromatic heterocycles. The standard InChI is InChI=1S/C12H26N2O/c1-10(2)8-14(11-4-5-11)7-6-12(3,15)9-13/h10-11,15H,4-9,13H2,1-3H3. The first-order valence-corrected chi connectivity index (χ1v) is 6.11. The summed E-state index contributed by atoms with van der Waals surface area (Å²) in [5.41, 5.74) is 4.83. The minimum atomic E-state index is -0.690. The molecule has 0 amide bonds. The van der Waals surface area contributed by atoms with Crippen LogP contribution in [0.3, 0.4) is 0 Å². The van der Waals surface area contributed by atoms with Gasteiger partial charge in [0.15, 0.2) is 0 Å². The summed E-state index contributed by atoms with van der Waals surface area (Å²) in [5.74, 6) is 0.702. The van der Waals surface area contributed by atoms with Crippen LogP contribution in [0.5, 0.6) is 0 Å². The van der Waals surface area contributed by atoms with Crippen LogP contribution in [0, 0.1) is 5.92 Å². The van der Waals surface area contributed by atoms with E-state index in [4.69, 9.17) is 5.73 Å². The van der Waals surface area contributed by atoms with E-state index in [0.29, 0.717) is 12.5 Å². The molecule has 0 spiro atoms. The van der Waals surface area contributed by atoms with Crippen LogP contribution in [-0.2, 0) is 0 Å². The molecule has 0 radical (unpaired) electrons. The Labute approximate surface area is 93.6 Å². The van der Waals surface area contributed by atoms with Gasteiger partial charge in [-0.15, -0.1) is 0 Å². The molecule has 3 nitrogen and oxygen atoms in total. The second-order valence-corrected chi connectivity index (χ2v) is 5.57. The highest BCUT2D eigenvalue weighted by Crippen LogP contribution is 2.28. The van der Waals surface area contributed by atoms with Crippen molar-refractivity contribution >= 4 is 0 Å². The van der Waals surface area contributed by atoms with E-state index >= 15 is 0 Å². The van der Waals surface area contributed by atoms with Crippen LogP contribution in [0.1, 0.15) is 40.0 Å². The lowest BCUT2D eigenvalue weighted by molar-refractivity contribution is 0.0451. The van der Waals surface area contributed by atoms with Gasteiger partial charge in [0.05, 0.1) is 5.60 Å². The van der Waals surface area contributed by atoms with E-state index in [1.807, 2.05) is 6.92 Å². The summed E-state index contributed by atoms with van der Waals surface area (Å²) in [7, 11) is 0. The minimum absolute atomic E-state index is 0.354. The average Bonchev–Trinajstić information content (AvgIpc) is 2.95. The highest BCUT2D eigenvalue weighted by molar-refractivity contribution is 4.86. The van der Waals surface area contributed by atoms with Gasteiger partial charge in [-0.05, 0) is 32.1 Å². The summed E-state index contributed by atoms with van der Waals surface area (Å²) in [6, 6.07) is 0.779. The van der Waals surface area contributed by atoms with E-state index in [2.05, 4.69) is 18.7 Å². The molecule has 3 heteroatoms. The van der Waals surface area contributed by atoms with Gasteiger partial charge in [-0.25, -0.2) is 0 Å². The predicted octanol–water partition coefficient (Wildman–Crippen LogP) is 1.21. The van der Waals surface area contributed by atoms with Crippen molar-refractivity contribution in [2.45, 2.75) is 51.7 Å². The predicted molar refractivity (Wildman–Crippen MR) is 63.7 cm³/mol. The summed E-state index contributed by atoms with van der Waals surface area (Å²) >= 11 is 0. The first-order valence-electron chi connectivity index (χ1n) is 6.11. The summed E-state index contributed by atoms with van der Waals surface area (Å²) in [4.78, 5) is 2.51. The molecule has 1 fully saturated rings. The molecule has 1 atom stereocenters. The maximum atomic E-state index is 9.86. The molecule has 1 saturated carbocycles. The third-order valence-corrected chi connectivity index (χ3v) is 3.04. The van der Waals surface area contributed by atoms with Crippen molar-refractivity contribution in [3.63, 3.8) is 0 Å². The Balaban J connectivity index is 2.31. The topological polar surface area (TPSA) is 49.5 Å². The summed E-state index contributed by atoms with van der Waals surface area (Å²) in [6.45, 7) is 8.80. The van der Waals surface area contributed by atoms with Crippen molar-refractivity contribution in [3.8, 4) is 0 Å². The second-order valence-electron chi connectivity index (χ2n) is 5.57. The maximum Gasteiger partial charge on any atom is 0.0753 e. The monoisotopic (exact) mass is 214 g/mol. The zero-order chi connectivity index (χ0) is 11.5. The lowest BCUT2D eigenvalue weighted by atomic mass is 10.0. The van der Waals surface area contributed by atoms with Gasteiger partial charge in [0.25, 0.3) is 0 Å². The van der Waals surface area contributed by atoms with Crippen molar-refractivity contribution in [2.75, 3.05) is 19.6 Å². The fourth-order valence-electron chi connectivity index (χ4n) is 1.82. The molecule has 0 aliphatic heterocycles. The molecule has 0 heterocycles. The Hall–Kier alpha value is -0.120. The zero-order valence-corrected chi connectivity index (χ0v) is 10.4. The highest BCUT2D eigenvalue weighted by Gasteiger charge is 2.30. The van der Waals surface area contributed by atoms with Crippen LogP contribution >= 0.6 is 0 Å². The van der Waals surface area contributed by atoms with Crippen molar-refractivity contribution in [2.24, 2.45) is 11.7 Å². The minimum Gasteiger partial charge on any atom is -0.389 e. The Morgan fingerprint density at radius 1 is 1.47 bits per heavy atom. The quantitative estimate of drug-likeness (QED) is 0.669. The first kappa shape index (κ1) is 12.9. The van der Waals surface area contributed by atoms with E-state index in [0.717, 1.165) is 25.6 Å². The van der Waals surface area contributed by atoms with E-state index in [-0.39, 0.29) is 0 Å². The summed E-state index contributed by atoms with van der Waals surface area (Å²) in [6.07, 6.45) is 3.45. The fourth-order valence-corrected chi connectivity index (χ4v) is 1.82. The molecule has 0 saturated heterocycles. The number of aliphatic hydroxyl groups is 1. The number of rotatable bonds is 7. The van der Waals surface area contributed by atoms with Crippen molar-refractivity contribution in [1.29, 1.82) is 0 Å². The van der Waals surface area contributed by atoms with Gasteiger partial charge in [0, 0.05) is 25.7 Å². The molecule has 1 aliphatic carbocycles. The van der Waals surface area contributed by atoms with Crippen LogP contribution in [0.4, 0.5) is 0 Å². The zero-order valence-electron chi connectivity index (χ0n) is 10.4. The normalized spacial score (nSPS) is 21.0. The molecular formula is C12H26N2O. The van der Waals surface area contributed by atoms with Crippen molar-refractivity contribution in [3.05, 3.63) is 0 Å². The second kappa shape index (κ2) is 5.28. The van der Waals surface area contributed by atoms with E-state index < -0.39 is 5.60 Å². The average molecular weight is 214 g/mol. The van der Waals surface area contributed by atoms with Crippen LogP contribution < -0.4 is 5.73 Å². The van der Waals surface area contributed by atoms with Gasteiger partial charge < -0.3 is 15.7 Å². The number of hydrogen-bond donors (Lipinski definition) is 2. The molecule has 1 aliphatic rings. The number of nitrogens with two attached hydrogens (primary N) is 1. The van der Waals surface area contributed by atoms with Crippen LogP contribution in [0.15, 0.2) is 0 Å². The van der Waals surface area contributed by atoms with E-state index in [1.54, 1.807) is 0 Å². The first-order chi connectivity index (χ1) is 6.94. The van der Waals surface area contributed by atoms with Gasteiger partial charge in [-0.1, -0.05) is 13.8 Å². The third kappa shape index (κ3) is 4.96. The highest BCUT2D eigenvalue weighted by atomic mass is 16.3. The summed E-state index contributed by atoms with van der Waals surface area (Å²) in [5, 5.41) is 9.86. The Bertz CT molecular complexity index is 188. The molecule has 0 aromatic carbocycles. The van der Waals surface area contributed by atoms with Gasteiger partial charge in [0.2, 0.25) is 0 Å². The van der Waals surface area contributed by atoms with Crippen LogP contribution in [0.25, 0.3) is 0 Å². The fraction of sp³-hybridized carbons (Fsp3) is 1.00. The summed E-state index contributed by atoms with van der Waals surface area (Å²) < 4.78 is 0. The van der Waals surface area contributed by atoms with Gasteiger partial charge in [-0.2, -0.15) is 0 Å². The molecular weight excluding hydrogens is 188 g/mol. The third-order valence-electron chi connectivity index (χ3n) is 3.04. The molecule has 90 valence electrons. The van der Waals surface area contributed by atoms with Crippen molar-refractivity contribution in [1.82, 2.24) is 4.90 Å². The number of nitrogens with zero attached hydrogens (tertiary/aromatic N) is 1. The SMILES string of the molecule is CC(C)CN(CCC(C)(O)CN)C1CC1. The lowest BCUT2D eigenvalue weighted by Crippen LogP contribution is -2.40. The largest absolute Gasteiger partial charge is 0.389 e. The lowest BCUT2D eigenvalue weighted by Gasteiger charge is -2.28. The Morgan fingerprint density at radius 3 is 2.47 bits per heavy atom. The molecule has 0 bridgehead atoms. The van der Waals surface area contributed by atoms with Gasteiger partial charge in [0.1, 0.15) is 0 Å². The molecule has 1 unspecified atom stereocenters. The Kier molecular flexibility index (Phi) is 4.56. The van der Waals surface area contributed by atoms with Crippen molar-refractivity contribution < 1.29 is 5.11 Å². The van der Waals surface area contributed by atoms with Crippen LogP contribution in [-0.4, -0.2) is 41.3 Å². The van der Waals surface area contributed by atoms with Gasteiger partial charge in [-0.3, -0.25) is 0 Å². The van der Waals surface area contributed by atoms with Crippen LogP contribution in [0.2, 0.25) is 0 Å². The molecule has 15 heavy (non-hydrogen) atoms. The van der Waals surface area contributed by atoms with E-state index in [9.17, 15) is 5.11 Å². The molecule has 1 rings (SSSR count).